The Kier molecular flexibility index (Phi) is 11.4. The molecule has 5 atom stereocenters. The van der Waals surface area contributed by atoms with Gasteiger partial charge in [0.2, 0.25) is 17.7 Å². The minimum Gasteiger partial charge on any atom is -0.508 e. The molecule has 202 valence electrons. The van der Waals surface area contributed by atoms with Crippen LogP contribution in [0.2, 0.25) is 0 Å². The summed E-state index contributed by atoms with van der Waals surface area (Å²) in [4.78, 5) is 57.2. The molecule has 0 bridgehead atoms. The van der Waals surface area contributed by atoms with Crippen molar-refractivity contribution < 1.29 is 29.4 Å². The fraction of sp³-hybridized carbons (Fsp3) is 0.458. The molecule has 0 saturated heterocycles. The van der Waals surface area contributed by atoms with Crippen molar-refractivity contribution in [3.63, 3.8) is 0 Å². The maximum absolute atomic E-state index is 13.4. The number of carboxylic acids is 1. The topological polar surface area (TPSA) is 200 Å². The van der Waals surface area contributed by atoms with E-state index in [2.05, 4.69) is 38.5 Å². The smallest absolute Gasteiger partial charge is 0.327 e. The van der Waals surface area contributed by atoms with Gasteiger partial charge in [-0.25, -0.2) is 9.78 Å². The molecule has 1 heterocycles. The van der Waals surface area contributed by atoms with Crippen molar-refractivity contribution in [1.29, 1.82) is 0 Å². The van der Waals surface area contributed by atoms with Crippen LogP contribution in [-0.4, -0.2) is 73.8 Å². The number of aliphatic carboxylic acids is 1. The third-order valence-corrected chi connectivity index (χ3v) is 6.30. The Morgan fingerprint density at radius 3 is 2.22 bits per heavy atom. The Balaban J connectivity index is 2.23. The third kappa shape index (κ3) is 9.10. The van der Waals surface area contributed by atoms with Gasteiger partial charge in [0.1, 0.15) is 23.9 Å². The van der Waals surface area contributed by atoms with Gasteiger partial charge in [-0.1, -0.05) is 32.4 Å². The van der Waals surface area contributed by atoms with Crippen LogP contribution < -0.4 is 21.7 Å². The van der Waals surface area contributed by atoms with Gasteiger partial charge in [0.25, 0.3) is 0 Å². The molecule has 0 saturated carbocycles. The SMILES string of the molecule is CCC(C)C(NC(=O)C(Cc1ccc(O)cc1)NC(=O)C(N)Cc1cnc[nH]1)C(=O)NC(CS)C(=O)O. The average molecular weight is 535 g/mol. The number of nitrogens with zero attached hydrogens (tertiary/aromatic N) is 1. The molecular formula is C24H34N6O6S. The molecule has 2 aromatic rings. The van der Waals surface area contributed by atoms with Crippen molar-refractivity contribution >= 4 is 36.3 Å². The van der Waals surface area contributed by atoms with Crippen LogP contribution in [0.1, 0.15) is 31.5 Å². The molecule has 0 spiro atoms. The molecule has 3 amide bonds. The average Bonchev–Trinajstić information content (AvgIpc) is 3.38. The number of rotatable bonds is 14. The predicted octanol–water partition coefficient (Wildman–Crippen LogP) is -0.257. The van der Waals surface area contributed by atoms with E-state index >= 15 is 0 Å². The number of benzene rings is 1. The highest BCUT2D eigenvalue weighted by molar-refractivity contribution is 7.80. The number of aromatic amines is 1. The number of hydrogen-bond donors (Lipinski definition) is 8. The summed E-state index contributed by atoms with van der Waals surface area (Å²) in [7, 11) is 0. The van der Waals surface area contributed by atoms with Gasteiger partial charge in [0, 0.05) is 30.5 Å². The Hall–Kier alpha value is -3.58. The van der Waals surface area contributed by atoms with E-state index in [1.54, 1.807) is 25.3 Å². The van der Waals surface area contributed by atoms with Gasteiger partial charge >= 0.3 is 5.97 Å². The summed E-state index contributed by atoms with van der Waals surface area (Å²) in [6.07, 6.45) is 3.73. The molecule has 1 aromatic carbocycles. The number of thiol groups is 1. The first-order valence-corrected chi connectivity index (χ1v) is 12.4. The number of hydrogen-bond acceptors (Lipinski definition) is 8. The summed E-state index contributed by atoms with van der Waals surface area (Å²) in [5.41, 5.74) is 7.33. The van der Waals surface area contributed by atoms with E-state index in [0.717, 1.165) is 0 Å². The highest BCUT2D eigenvalue weighted by Crippen LogP contribution is 2.13. The van der Waals surface area contributed by atoms with E-state index in [9.17, 15) is 29.4 Å². The molecule has 2 rings (SSSR count). The number of carboxylic acid groups (broad SMARTS) is 1. The van der Waals surface area contributed by atoms with Crippen molar-refractivity contribution in [2.75, 3.05) is 5.75 Å². The second-order valence-electron chi connectivity index (χ2n) is 8.77. The van der Waals surface area contributed by atoms with Crippen molar-refractivity contribution in [3.05, 3.63) is 48.0 Å². The minimum atomic E-state index is -1.25. The molecule has 0 aliphatic rings. The van der Waals surface area contributed by atoms with E-state index in [1.807, 2.05) is 6.92 Å². The molecule has 0 radical (unpaired) electrons. The van der Waals surface area contributed by atoms with Gasteiger partial charge in [-0.05, 0) is 23.6 Å². The monoisotopic (exact) mass is 534 g/mol. The number of nitrogens with two attached hydrogens (primary N) is 1. The lowest BCUT2D eigenvalue weighted by atomic mass is 9.96. The number of aromatic hydroxyl groups is 1. The zero-order valence-corrected chi connectivity index (χ0v) is 21.6. The lowest BCUT2D eigenvalue weighted by Crippen LogP contribution is -2.59. The van der Waals surface area contributed by atoms with Crippen LogP contribution in [0.5, 0.6) is 5.75 Å². The number of carbonyl (C=O) groups excluding carboxylic acids is 3. The largest absolute Gasteiger partial charge is 0.508 e. The van der Waals surface area contributed by atoms with Crippen molar-refractivity contribution in [1.82, 2.24) is 25.9 Å². The fourth-order valence-corrected chi connectivity index (χ4v) is 3.73. The predicted molar refractivity (Wildman–Crippen MR) is 139 cm³/mol. The van der Waals surface area contributed by atoms with Gasteiger partial charge in [0.05, 0.1) is 12.4 Å². The number of imidazole rings is 1. The first-order valence-electron chi connectivity index (χ1n) is 11.8. The second-order valence-corrected chi connectivity index (χ2v) is 9.14. The molecule has 12 nitrogen and oxygen atoms in total. The van der Waals surface area contributed by atoms with Gasteiger partial charge in [-0.15, -0.1) is 0 Å². The Bertz CT molecular complexity index is 1050. The zero-order valence-electron chi connectivity index (χ0n) is 20.7. The number of amides is 3. The number of aromatic nitrogens is 2. The normalized spacial score (nSPS) is 15.0. The van der Waals surface area contributed by atoms with Crippen LogP contribution in [0.25, 0.3) is 0 Å². The highest BCUT2D eigenvalue weighted by Gasteiger charge is 2.32. The lowest BCUT2D eigenvalue weighted by Gasteiger charge is -2.28. The maximum atomic E-state index is 13.4. The Morgan fingerprint density at radius 1 is 1.03 bits per heavy atom. The van der Waals surface area contributed by atoms with E-state index in [4.69, 9.17) is 5.73 Å². The standard InChI is InChI=1S/C24H34N6O6S/c1-3-13(2)20(23(34)29-19(11-37)24(35)36)30-22(33)18(8-14-4-6-16(31)7-5-14)28-21(32)17(25)9-15-10-26-12-27-15/h4-7,10,12-13,17-20,31,37H,3,8-9,11,25H2,1-2H3,(H,26,27)(H,28,32)(H,29,34)(H,30,33)(H,35,36). The Morgan fingerprint density at radius 2 is 1.68 bits per heavy atom. The molecule has 1 aromatic heterocycles. The molecule has 0 aliphatic carbocycles. The second kappa shape index (κ2) is 14.2. The summed E-state index contributed by atoms with van der Waals surface area (Å²) >= 11 is 3.96. The molecule has 13 heteroatoms. The number of H-pyrrole nitrogens is 1. The van der Waals surface area contributed by atoms with E-state index < -0.39 is 47.9 Å². The molecular weight excluding hydrogens is 500 g/mol. The third-order valence-electron chi connectivity index (χ3n) is 5.93. The maximum Gasteiger partial charge on any atom is 0.327 e. The van der Waals surface area contributed by atoms with Crippen molar-refractivity contribution in [2.45, 2.75) is 57.3 Å². The number of phenolic OH excluding ortho intramolecular Hbond substituents is 1. The van der Waals surface area contributed by atoms with Crippen LogP contribution in [0.15, 0.2) is 36.8 Å². The van der Waals surface area contributed by atoms with Crippen LogP contribution in [0.4, 0.5) is 0 Å². The summed E-state index contributed by atoms with van der Waals surface area (Å²) in [6.45, 7) is 3.57. The van der Waals surface area contributed by atoms with Gasteiger partial charge in [-0.3, -0.25) is 14.4 Å². The summed E-state index contributed by atoms with van der Waals surface area (Å²) < 4.78 is 0. The van der Waals surface area contributed by atoms with Crippen molar-refractivity contribution in [2.24, 2.45) is 11.7 Å². The molecule has 8 N–H and O–H groups in total. The van der Waals surface area contributed by atoms with Crippen LogP contribution >= 0.6 is 12.6 Å². The van der Waals surface area contributed by atoms with E-state index in [1.165, 1.54) is 18.5 Å². The summed E-state index contributed by atoms with van der Waals surface area (Å²) in [5.74, 6) is -3.58. The van der Waals surface area contributed by atoms with Crippen molar-refractivity contribution in [3.8, 4) is 5.75 Å². The molecule has 5 unspecified atom stereocenters. The number of phenols is 1. The number of nitrogens with one attached hydrogen (secondary N) is 4. The molecule has 0 aliphatic heterocycles. The van der Waals surface area contributed by atoms with Gasteiger partial charge in [-0.2, -0.15) is 12.6 Å². The summed E-state index contributed by atoms with van der Waals surface area (Å²) in [6, 6.07) is 1.75. The van der Waals surface area contributed by atoms with E-state index in [-0.39, 0.29) is 30.3 Å². The molecule has 0 fully saturated rings. The van der Waals surface area contributed by atoms with Gasteiger partial charge < -0.3 is 36.9 Å². The fourth-order valence-electron chi connectivity index (χ4n) is 3.48. The quantitative estimate of drug-likeness (QED) is 0.152. The highest BCUT2D eigenvalue weighted by atomic mass is 32.1. The first kappa shape index (κ1) is 29.6. The van der Waals surface area contributed by atoms with Crippen LogP contribution in [0, 0.1) is 5.92 Å². The van der Waals surface area contributed by atoms with Gasteiger partial charge in [0.15, 0.2) is 0 Å². The summed E-state index contributed by atoms with van der Waals surface area (Å²) in [5, 5.41) is 26.5. The lowest BCUT2D eigenvalue weighted by molar-refractivity contribution is -0.142. The molecule has 37 heavy (non-hydrogen) atoms. The van der Waals surface area contributed by atoms with Crippen LogP contribution in [0.3, 0.4) is 0 Å². The Labute approximate surface area is 220 Å². The van der Waals surface area contributed by atoms with E-state index in [0.29, 0.717) is 17.7 Å². The first-order chi connectivity index (χ1) is 17.5. The zero-order chi connectivity index (χ0) is 27.5. The number of carbonyl (C=O) groups is 4. The van der Waals surface area contributed by atoms with Crippen LogP contribution in [-0.2, 0) is 32.0 Å². The minimum absolute atomic E-state index is 0.0426.